The van der Waals surface area contributed by atoms with Gasteiger partial charge in [0.25, 0.3) is 0 Å². The molecule has 0 aliphatic rings. The minimum absolute atomic E-state index is 0.224. The molecule has 1 aromatic rings. The molecule has 0 fully saturated rings. The molecular formula is C14H20BrNO2. The molecule has 0 amide bonds. The topological polar surface area (TPSA) is 29.5 Å². The van der Waals surface area contributed by atoms with E-state index in [1.165, 1.54) is 18.2 Å². The minimum atomic E-state index is -0.635. The molecule has 0 spiro atoms. The van der Waals surface area contributed by atoms with Crippen LogP contribution in [0.3, 0.4) is 0 Å². The summed E-state index contributed by atoms with van der Waals surface area (Å²) < 4.78 is 5.89. The Morgan fingerprint density at radius 1 is 1.44 bits per heavy atom. The van der Waals surface area contributed by atoms with Gasteiger partial charge in [0.05, 0.1) is 7.11 Å². The molecule has 0 aliphatic heterocycles. The van der Waals surface area contributed by atoms with Crippen LogP contribution in [0.1, 0.15) is 25.0 Å². The van der Waals surface area contributed by atoms with Crippen LogP contribution in [-0.4, -0.2) is 30.6 Å². The van der Waals surface area contributed by atoms with Gasteiger partial charge < -0.3 is 4.74 Å². The van der Waals surface area contributed by atoms with Gasteiger partial charge in [0, 0.05) is 11.0 Å². The Bertz CT molecular complexity index is 443. The van der Waals surface area contributed by atoms with Crippen molar-refractivity contribution in [1.82, 2.24) is 4.90 Å². The van der Waals surface area contributed by atoms with Gasteiger partial charge in [0.15, 0.2) is 0 Å². The van der Waals surface area contributed by atoms with Crippen LogP contribution in [0.4, 0.5) is 0 Å². The summed E-state index contributed by atoms with van der Waals surface area (Å²) in [5, 5.41) is 0. The first-order valence-electron chi connectivity index (χ1n) is 5.83. The second kappa shape index (κ2) is 5.85. The number of hydrogen-bond donors (Lipinski definition) is 0. The zero-order chi connectivity index (χ0) is 13.9. The maximum atomic E-state index is 11.7. The number of halogens is 1. The molecule has 0 radical (unpaired) electrons. The van der Waals surface area contributed by atoms with Crippen LogP contribution in [0.15, 0.2) is 22.7 Å². The van der Waals surface area contributed by atoms with Gasteiger partial charge in [-0.05, 0) is 51.1 Å². The van der Waals surface area contributed by atoms with Crippen LogP contribution in [0.2, 0.25) is 0 Å². The molecule has 0 heterocycles. The number of carbonyl (C=O) groups is 1. The van der Waals surface area contributed by atoms with Crippen molar-refractivity contribution in [2.75, 3.05) is 14.2 Å². The molecule has 0 N–H and O–H groups in total. The van der Waals surface area contributed by atoms with Crippen LogP contribution < -0.4 is 0 Å². The van der Waals surface area contributed by atoms with E-state index in [9.17, 15) is 4.79 Å². The number of hydrogen-bond acceptors (Lipinski definition) is 3. The minimum Gasteiger partial charge on any atom is -0.468 e. The Balaban J connectivity index is 2.90. The predicted octanol–water partition coefficient (Wildman–Crippen LogP) is 3.14. The average molecular weight is 314 g/mol. The van der Waals surface area contributed by atoms with Crippen molar-refractivity contribution in [3.05, 3.63) is 33.8 Å². The molecule has 0 aliphatic carbocycles. The van der Waals surface area contributed by atoms with E-state index in [1.807, 2.05) is 31.9 Å². The summed E-state index contributed by atoms with van der Waals surface area (Å²) in [4.78, 5) is 13.7. The fraction of sp³-hybridized carbons (Fsp3) is 0.500. The average Bonchev–Trinajstić information content (AvgIpc) is 2.32. The summed E-state index contributed by atoms with van der Waals surface area (Å²) in [6, 6.07) is 6.17. The van der Waals surface area contributed by atoms with E-state index in [-0.39, 0.29) is 5.97 Å². The largest absolute Gasteiger partial charge is 0.468 e. The third kappa shape index (κ3) is 3.33. The SMILES string of the molecule is COC(=O)C(C)(C)N(C)Cc1cc(Br)ccc1C. The number of likely N-dealkylation sites (N-methyl/N-ethyl adjacent to an activating group) is 1. The lowest BCUT2D eigenvalue weighted by molar-refractivity contribution is -0.152. The Morgan fingerprint density at radius 2 is 2.06 bits per heavy atom. The third-order valence-corrected chi connectivity index (χ3v) is 3.85. The van der Waals surface area contributed by atoms with E-state index >= 15 is 0 Å². The number of nitrogens with zero attached hydrogens (tertiary/aromatic N) is 1. The second-order valence-electron chi connectivity index (χ2n) is 4.98. The van der Waals surface area contributed by atoms with Gasteiger partial charge in [-0.1, -0.05) is 22.0 Å². The summed E-state index contributed by atoms with van der Waals surface area (Å²) in [5.74, 6) is -0.224. The predicted molar refractivity (Wildman–Crippen MR) is 76.4 cm³/mol. The number of esters is 1. The molecule has 0 saturated heterocycles. The molecule has 0 bridgehead atoms. The summed E-state index contributed by atoms with van der Waals surface area (Å²) in [7, 11) is 3.35. The Kier molecular flexibility index (Phi) is 4.93. The number of ether oxygens (including phenoxy) is 1. The summed E-state index contributed by atoms with van der Waals surface area (Å²) in [5.41, 5.74) is 1.78. The lowest BCUT2D eigenvalue weighted by atomic mass is 10.0. The van der Waals surface area contributed by atoms with Gasteiger partial charge in [-0.2, -0.15) is 0 Å². The molecule has 0 atom stereocenters. The molecular weight excluding hydrogens is 294 g/mol. The summed E-state index contributed by atoms with van der Waals surface area (Å²) in [6.07, 6.45) is 0. The van der Waals surface area contributed by atoms with Gasteiger partial charge in [0.2, 0.25) is 0 Å². The number of benzene rings is 1. The van der Waals surface area contributed by atoms with Crippen molar-refractivity contribution in [3.63, 3.8) is 0 Å². The highest BCUT2D eigenvalue weighted by Gasteiger charge is 2.33. The summed E-state index contributed by atoms with van der Waals surface area (Å²) in [6.45, 7) is 6.51. The molecule has 3 nitrogen and oxygen atoms in total. The fourth-order valence-electron chi connectivity index (χ4n) is 1.67. The van der Waals surface area contributed by atoms with E-state index in [4.69, 9.17) is 4.74 Å². The van der Waals surface area contributed by atoms with Crippen LogP contribution in [0.25, 0.3) is 0 Å². The van der Waals surface area contributed by atoms with Crippen LogP contribution in [0, 0.1) is 6.92 Å². The van der Waals surface area contributed by atoms with Gasteiger partial charge in [-0.15, -0.1) is 0 Å². The lowest BCUT2D eigenvalue weighted by Crippen LogP contribution is -2.48. The quantitative estimate of drug-likeness (QED) is 0.800. The van der Waals surface area contributed by atoms with Crippen molar-refractivity contribution in [3.8, 4) is 0 Å². The zero-order valence-electron chi connectivity index (χ0n) is 11.6. The van der Waals surface area contributed by atoms with Crippen molar-refractivity contribution in [2.24, 2.45) is 0 Å². The first-order chi connectivity index (χ1) is 8.28. The van der Waals surface area contributed by atoms with E-state index in [1.54, 1.807) is 0 Å². The van der Waals surface area contributed by atoms with Crippen LogP contribution in [0.5, 0.6) is 0 Å². The summed E-state index contributed by atoms with van der Waals surface area (Å²) >= 11 is 3.47. The molecule has 18 heavy (non-hydrogen) atoms. The lowest BCUT2D eigenvalue weighted by Gasteiger charge is -2.33. The molecule has 1 rings (SSSR count). The highest BCUT2D eigenvalue weighted by atomic mass is 79.9. The van der Waals surface area contributed by atoms with Gasteiger partial charge in [-0.25, -0.2) is 0 Å². The van der Waals surface area contributed by atoms with E-state index in [0.29, 0.717) is 6.54 Å². The van der Waals surface area contributed by atoms with Crippen LogP contribution >= 0.6 is 15.9 Å². The van der Waals surface area contributed by atoms with Gasteiger partial charge >= 0.3 is 5.97 Å². The van der Waals surface area contributed by atoms with Crippen LogP contribution in [-0.2, 0) is 16.1 Å². The Labute approximate surface area is 117 Å². The first kappa shape index (κ1) is 15.2. The number of methoxy groups -OCH3 is 1. The van der Waals surface area contributed by atoms with E-state index < -0.39 is 5.54 Å². The van der Waals surface area contributed by atoms with Crippen molar-refractivity contribution < 1.29 is 9.53 Å². The second-order valence-corrected chi connectivity index (χ2v) is 5.89. The molecule has 0 saturated carbocycles. The monoisotopic (exact) mass is 313 g/mol. The highest BCUT2D eigenvalue weighted by molar-refractivity contribution is 9.10. The first-order valence-corrected chi connectivity index (χ1v) is 6.63. The molecule has 4 heteroatoms. The van der Waals surface area contributed by atoms with E-state index in [0.717, 1.165) is 4.47 Å². The Morgan fingerprint density at radius 3 is 2.61 bits per heavy atom. The Hall–Kier alpha value is -0.870. The maximum absolute atomic E-state index is 11.7. The highest BCUT2D eigenvalue weighted by Crippen LogP contribution is 2.21. The molecule has 100 valence electrons. The number of aryl methyl sites for hydroxylation is 1. The third-order valence-electron chi connectivity index (χ3n) is 3.36. The smallest absolute Gasteiger partial charge is 0.325 e. The number of carbonyl (C=O) groups excluding carboxylic acids is 1. The fourth-order valence-corrected chi connectivity index (χ4v) is 2.08. The number of rotatable bonds is 4. The normalized spacial score (nSPS) is 11.7. The molecule has 0 aromatic heterocycles. The van der Waals surface area contributed by atoms with Gasteiger partial charge in [-0.3, -0.25) is 9.69 Å². The standard InChI is InChI=1S/C14H20BrNO2/c1-10-6-7-12(15)8-11(10)9-16(4)14(2,3)13(17)18-5/h6-8H,9H2,1-5H3. The molecule has 0 unspecified atom stereocenters. The van der Waals surface area contributed by atoms with Crippen molar-refractivity contribution in [2.45, 2.75) is 32.9 Å². The molecule has 1 aromatic carbocycles. The zero-order valence-corrected chi connectivity index (χ0v) is 13.2. The van der Waals surface area contributed by atoms with E-state index in [2.05, 4.69) is 35.0 Å². The maximum Gasteiger partial charge on any atom is 0.325 e. The van der Waals surface area contributed by atoms with Gasteiger partial charge in [0.1, 0.15) is 5.54 Å². The van der Waals surface area contributed by atoms with Crippen molar-refractivity contribution >= 4 is 21.9 Å². The van der Waals surface area contributed by atoms with Crippen molar-refractivity contribution in [1.29, 1.82) is 0 Å².